The van der Waals surface area contributed by atoms with Crippen molar-refractivity contribution in [3.63, 3.8) is 0 Å². The largest absolute Gasteiger partial charge is 0.471 e. The Labute approximate surface area is 208 Å². The number of benzene rings is 2. The standard InChI is InChI=1S/C24H21F4N3O4S/c1-3-35-19(32)12-16-13-23(2,31-22(36-16)30-20(33)14-7-5-4-6-8-14)17-11-15(9-10-18(17)25)29-21(34)24(26,27)28/h4-12H,3,13H2,1-2H3,(H,29,34)(H,30,31,33)/b16-12-/t23-/m0/s1. The van der Waals surface area contributed by atoms with Gasteiger partial charge in [0.05, 0.1) is 12.1 Å². The van der Waals surface area contributed by atoms with Gasteiger partial charge in [0.25, 0.3) is 5.91 Å². The molecule has 1 atom stereocenters. The summed E-state index contributed by atoms with van der Waals surface area (Å²) in [6.07, 6.45) is -3.99. The molecular weight excluding hydrogens is 502 g/mol. The van der Waals surface area contributed by atoms with Crippen LogP contribution in [0.2, 0.25) is 0 Å². The van der Waals surface area contributed by atoms with Crippen LogP contribution in [0.4, 0.5) is 23.2 Å². The molecule has 3 rings (SSSR count). The first-order chi connectivity index (χ1) is 16.9. The minimum Gasteiger partial charge on any atom is -0.463 e. The number of alkyl halides is 3. The Bertz CT molecular complexity index is 1230. The van der Waals surface area contributed by atoms with E-state index >= 15 is 0 Å². The highest BCUT2D eigenvalue weighted by Crippen LogP contribution is 2.43. The quantitative estimate of drug-likeness (QED) is 0.330. The van der Waals surface area contributed by atoms with Crippen LogP contribution in [-0.4, -0.2) is 35.7 Å². The third-order valence-electron chi connectivity index (χ3n) is 4.98. The summed E-state index contributed by atoms with van der Waals surface area (Å²) in [6.45, 7) is 3.23. The van der Waals surface area contributed by atoms with Gasteiger partial charge in [0.1, 0.15) is 5.82 Å². The van der Waals surface area contributed by atoms with Crippen molar-refractivity contribution < 1.29 is 36.7 Å². The number of carbonyl (C=O) groups is 3. The fraction of sp³-hybridized carbons (Fsp3) is 0.250. The highest BCUT2D eigenvalue weighted by molar-refractivity contribution is 8.17. The number of amides is 2. The van der Waals surface area contributed by atoms with E-state index in [1.165, 1.54) is 13.0 Å². The number of nitrogens with one attached hydrogen (secondary N) is 2. The molecule has 2 aromatic carbocycles. The highest BCUT2D eigenvalue weighted by Gasteiger charge is 2.40. The molecule has 0 radical (unpaired) electrons. The fourth-order valence-corrected chi connectivity index (χ4v) is 4.51. The van der Waals surface area contributed by atoms with Crippen LogP contribution in [0, 0.1) is 5.82 Å². The van der Waals surface area contributed by atoms with Crippen LogP contribution in [0.3, 0.4) is 0 Å². The second kappa shape index (κ2) is 10.9. The molecule has 0 saturated heterocycles. The summed E-state index contributed by atoms with van der Waals surface area (Å²) in [5.74, 6) is -4.19. The van der Waals surface area contributed by atoms with Gasteiger partial charge in [-0.05, 0) is 44.2 Å². The van der Waals surface area contributed by atoms with Crippen molar-refractivity contribution >= 4 is 40.4 Å². The summed E-state index contributed by atoms with van der Waals surface area (Å²) < 4.78 is 57.9. The molecule has 2 amide bonds. The number of carbonyl (C=O) groups excluding carboxylic acids is 3. The van der Waals surface area contributed by atoms with Crippen LogP contribution in [-0.2, 0) is 19.9 Å². The third-order valence-corrected chi connectivity index (χ3v) is 5.89. The van der Waals surface area contributed by atoms with Gasteiger partial charge in [-0.15, -0.1) is 0 Å². The number of amidine groups is 1. The Hall–Kier alpha value is -3.67. The highest BCUT2D eigenvalue weighted by atomic mass is 32.2. The molecule has 1 aliphatic heterocycles. The topological polar surface area (TPSA) is 96.9 Å². The molecule has 0 saturated carbocycles. The van der Waals surface area contributed by atoms with Crippen LogP contribution in [0.1, 0.15) is 36.2 Å². The molecule has 7 nitrogen and oxygen atoms in total. The van der Waals surface area contributed by atoms with E-state index in [-0.39, 0.29) is 29.4 Å². The van der Waals surface area contributed by atoms with Crippen molar-refractivity contribution in [3.8, 4) is 0 Å². The first-order valence-corrected chi connectivity index (χ1v) is 11.4. The average molecular weight is 524 g/mol. The van der Waals surface area contributed by atoms with Crippen LogP contribution in [0.15, 0.2) is 64.5 Å². The lowest BCUT2D eigenvalue weighted by Crippen LogP contribution is -2.35. The second-order valence-corrected chi connectivity index (χ2v) is 8.91. The van der Waals surface area contributed by atoms with Gasteiger partial charge in [-0.25, -0.2) is 9.18 Å². The summed E-state index contributed by atoms with van der Waals surface area (Å²) in [4.78, 5) is 41.0. The Balaban J connectivity index is 2.01. The molecule has 0 fully saturated rings. The van der Waals surface area contributed by atoms with E-state index in [1.54, 1.807) is 42.6 Å². The number of nitrogens with zero attached hydrogens (tertiary/aromatic N) is 1. The van der Waals surface area contributed by atoms with Gasteiger partial charge in [0.2, 0.25) is 0 Å². The maximum atomic E-state index is 14.9. The number of esters is 1. The third kappa shape index (κ3) is 6.72. The smallest absolute Gasteiger partial charge is 0.463 e. The van der Waals surface area contributed by atoms with Gasteiger partial charge in [-0.2, -0.15) is 13.2 Å². The molecule has 1 heterocycles. The number of aliphatic imine (C=N–C) groups is 1. The van der Waals surface area contributed by atoms with Crippen molar-refractivity contribution in [2.45, 2.75) is 32.0 Å². The van der Waals surface area contributed by atoms with E-state index in [0.717, 1.165) is 30.0 Å². The lowest BCUT2D eigenvalue weighted by Gasteiger charge is -2.32. The maximum Gasteiger partial charge on any atom is 0.471 e. The van der Waals surface area contributed by atoms with Crippen LogP contribution in [0.5, 0.6) is 0 Å². The number of thioether (sulfide) groups is 1. The zero-order valence-corrected chi connectivity index (χ0v) is 19.9. The van der Waals surface area contributed by atoms with Gasteiger partial charge < -0.3 is 15.4 Å². The van der Waals surface area contributed by atoms with E-state index in [1.807, 2.05) is 0 Å². The Morgan fingerprint density at radius 3 is 2.47 bits per heavy atom. The maximum absolute atomic E-state index is 14.9. The number of ether oxygens (including phenoxy) is 1. The van der Waals surface area contributed by atoms with E-state index < -0.39 is 35.3 Å². The average Bonchev–Trinajstić information content (AvgIpc) is 2.80. The molecule has 1 aliphatic rings. The van der Waals surface area contributed by atoms with Crippen molar-refractivity contribution in [1.82, 2.24) is 5.32 Å². The Kier molecular flexibility index (Phi) is 8.18. The molecule has 36 heavy (non-hydrogen) atoms. The predicted molar refractivity (Wildman–Crippen MR) is 127 cm³/mol. The van der Waals surface area contributed by atoms with Crippen molar-refractivity contribution in [2.75, 3.05) is 11.9 Å². The minimum absolute atomic E-state index is 0.0330. The molecule has 0 spiro atoms. The van der Waals surface area contributed by atoms with Gasteiger partial charge >= 0.3 is 18.1 Å². The number of halogens is 4. The fourth-order valence-electron chi connectivity index (χ4n) is 3.37. The summed E-state index contributed by atoms with van der Waals surface area (Å²) in [7, 11) is 0. The number of anilines is 1. The van der Waals surface area contributed by atoms with Crippen molar-refractivity contribution in [1.29, 1.82) is 0 Å². The molecule has 0 unspecified atom stereocenters. The molecule has 190 valence electrons. The predicted octanol–water partition coefficient (Wildman–Crippen LogP) is 4.91. The zero-order valence-electron chi connectivity index (χ0n) is 19.1. The summed E-state index contributed by atoms with van der Waals surface area (Å²) in [5, 5.41) is 4.35. The molecule has 12 heteroatoms. The minimum atomic E-state index is -5.14. The van der Waals surface area contributed by atoms with E-state index in [0.29, 0.717) is 10.5 Å². The lowest BCUT2D eigenvalue weighted by molar-refractivity contribution is -0.167. The molecular formula is C24H21F4N3O4S. The number of rotatable bonds is 5. The summed E-state index contributed by atoms with van der Waals surface area (Å²) in [5.41, 5.74) is -1.57. The molecule has 0 aromatic heterocycles. The van der Waals surface area contributed by atoms with Gasteiger partial charge in [0, 0.05) is 34.2 Å². The zero-order chi connectivity index (χ0) is 26.5. The van der Waals surface area contributed by atoms with Crippen LogP contribution < -0.4 is 10.6 Å². The van der Waals surface area contributed by atoms with E-state index in [2.05, 4.69) is 10.3 Å². The van der Waals surface area contributed by atoms with E-state index in [9.17, 15) is 31.9 Å². The van der Waals surface area contributed by atoms with Crippen LogP contribution >= 0.6 is 11.8 Å². The van der Waals surface area contributed by atoms with Crippen LogP contribution in [0.25, 0.3) is 0 Å². The van der Waals surface area contributed by atoms with E-state index in [4.69, 9.17) is 4.74 Å². The second-order valence-electron chi connectivity index (χ2n) is 7.80. The summed E-state index contributed by atoms with van der Waals surface area (Å²) in [6, 6.07) is 11.1. The molecule has 2 aromatic rings. The molecule has 0 aliphatic carbocycles. The number of hydrogen-bond donors (Lipinski definition) is 2. The van der Waals surface area contributed by atoms with Crippen molar-refractivity contribution in [3.05, 3.63) is 76.5 Å². The number of hydrogen-bond acceptors (Lipinski definition) is 6. The first-order valence-electron chi connectivity index (χ1n) is 10.6. The Morgan fingerprint density at radius 2 is 1.83 bits per heavy atom. The summed E-state index contributed by atoms with van der Waals surface area (Å²) >= 11 is 0.967. The van der Waals surface area contributed by atoms with Gasteiger partial charge in [0.15, 0.2) is 5.17 Å². The lowest BCUT2D eigenvalue weighted by atomic mass is 9.88. The Morgan fingerprint density at radius 1 is 1.14 bits per heavy atom. The monoisotopic (exact) mass is 523 g/mol. The normalized spacial score (nSPS) is 18.8. The van der Waals surface area contributed by atoms with Gasteiger partial charge in [-0.1, -0.05) is 30.0 Å². The molecule has 0 bridgehead atoms. The van der Waals surface area contributed by atoms with Crippen molar-refractivity contribution in [2.24, 2.45) is 4.99 Å². The molecule has 2 N–H and O–H groups in total. The first kappa shape index (κ1) is 26.9. The SMILES string of the molecule is CCOC(=O)/C=C1/C[C@@](C)(c2cc(NC(=O)C(F)(F)F)ccc2F)N=C(NC(=O)c2ccccc2)S1. The van der Waals surface area contributed by atoms with Gasteiger partial charge in [-0.3, -0.25) is 14.6 Å².